The molecule has 0 bridgehead atoms. The number of halogens is 1. The normalized spacial score (nSPS) is 25.6. The van der Waals surface area contributed by atoms with Gasteiger partial charge in [0.05, 0.1) is 6.42 Å². The lowest BCUT2D eigenvalue weighted by Crippen LogP contribution is -2.56. The molecular formula is C16H25ClN2O. The minimum Gasteiger partial charge on any atom is -0.351 e. The first-order valence-corrected chi connectivity index (χ1v) is 7.15. The van der Waals surface area contributed by atoms with Crippen molar-refractivity contribution in [3.05, 3.63) is 35.4 Å². The van der Waals surface area contributed by atoms with Crippen LogP contribution in [0, 0.1) is 12.8 Å². The van der Waals surface area contributed by atoms with E-state index in [1.807, 2.05) is 18.2 Å². The quantitative estimate of drug-likeness (QED) is 0.900. The highest BCUT2D eigenvalue weighted by atomic mass is 35.5. The van der Waals surface area contributed by atoms with Crippen LogP contribution in [0.3, 0.4) is 0 Å². The van der Waals surface area contributed by atoms with Crippen LogP contribution < -0.4 is 10.6 Å². The van der Waals surface area contributed by atoms with E-state index in [4.69, 9.17) is 0 Å². The lowest BCUT2D eigenvalue weighted by atomic mass is 9.89. The van der Waals surface area contributed by atoms with E-state index >= 15 is 0 Å². The molecule has 1 heterocycles. The maximum Gasteiger partial charge on any atom is 0.224 e. The lowest BCUT2D eigenvalue weighted by molar-refractivity contribution is -0.121. The molecule has 1 amide bonds. The summed E-state index contributed by atoms with van der Waals surface area (Å²) in [6.07, 6.45) is 1.60. The summed E-state index contributed by atoms with van der Waals surface area (Å²) in [5.74, 6) is 0.666. The topological polar surface area (TPSA) is 41.1 Å². The number of hydrogen-bond acceptors (Lipinski definition) is 2. The van der Waals surface area contributed by atoms with Gasteiger partial charge in [-0.25, -0.2) is 0 Å². The number of rotatable bonds is 3. The van der Waals surface area contributed by atoms with Gasteiger partial charge in [0.1, 0.15) is 0 Å². The van der Waals surface area contributed by atoms with Crippen LogP contribution in [0.15, 0.2) is 24.3 Å². The molecule has 0 saturated carbocycles. The highest BCUT2D eigenvalue weighted by molar-refractivity contribution is 5.85. The molecule has 20 heavy (non-hydrogen) atoms. The van der Waals surface area contributed by atoms with Gasteiger partial charge < -0.3 is 10.6 Å². The average molecular weight is 297 g/mol. The van der Waals surface area contributed by atoms with Crippen molar-refractivity contribution in [1.29, 1.82) is 0 Å². The predicted octanol–water partition coefficient (Wildman–Crippen LogP) is 2.46. The SMILES string of the molecule is Cc1ccccc1CC(=O)NC1C(C)CCNC1C.Cl. The first-order valence-electron chi connectivity index (χ1n) is 7.15. The molecule has 2 N–H and O–H groups in total. The second-order valence-corrected chi connectivity index (χ2v) is 5.71. The van der Waals surface area contributed by atoms with Crippen LogP contribution in [0.5, 0.6) is 0 Å². The Morgan fingerprint density at radius 1 is 1.35 bits per heavy atom. The van der Waals surface area contributed by atoms with Crippen LogP contribution in [0.25, 0.3) is 0 Å². The number of aryl methyl sites for hydroxylation is 1. The number of carbonyl (C=O) groups is 1. The van der Waals surface area contributed by atoms with E-state index < -0.39 is 0 Å². The number of nitrogens with one attached hydrogen (secondary N) is 2. The third-order valence-corrected chi connectivity index (χ3v) is 4.16. The molecule has 1 aromatic carbocycles. The number of piperidine rings is 1. The molecule has 0 aliphatic carbocycles. The first-order chi connectivity index (χ1) is 9.08. The minimum absolute atomic E-state index is 0. The molecule has 4 heteroatoms. The zero-order valence-corrected chi connectivity index (χ0v) is 13.3. The van der Waals surface area contributed by atoms with Gasteiger partial charge >= 0.3 is 0 Å². The van der Waals surface area contributed by atoms with E-state index in [1.165, 1.54) is 5.56 Å². The van der Waals surface area contributed by atoms with Crippen molar-refractivity contribution in [3.63, 3.8) is 0 Å². The van der Waals surface area contributed by atoms with E-state index in [0.29, 0.717) is 18.4 Å². The fraction of sp³-hybridized carbons (Fsp3) is 0.562. The average Bonchev–Trinajstić information content (AvgIpc) is 2.37. The second-order valence-electron chi connectivity index (χ2n) is 5.71. The van der Waals surface area contributed by atoms with Crippen LogP contribution in [-0.4, -0.2) is 24.5 Å². The molecular weight excluding hydrogens is 272 g/mol. The number of hydrogen-bond donors (Lipinski definition) is 2. The van der Waals surface area contributed by atoms with Crippen molar-refractivity contribution in [2.24, 2.45) is 5.92 Å². The summed E-state index contributed by atoms with van der Waals surface area (Å²) < 4.78 is 0. The maximum atomic E-state index is 12.2. The van der Waals surface area contributed by atoms with Gasteiger partial charge in [0.2, 0.25) is 5.91 Å². The Morgan fingerprint density at radius 2 is 2.05 bits per heavy atom. The van der Waals surface area contributed by atoms with Gasteiger partial charge in [-0.2, -0.15) is 0 Å². The standard InChI is InChI=1S/C16H24N2O.ClH/c1-11-6-4-5-7-14(11)10-15(19)18-16-12(2)8-9-17-13(16)3;/h4-7,12-13,16-17H,8-10H2,1-3H3,(H,18,19);1H. The smallest absolute Gasteiger partial charge is 0.224 e. The van der Waals surface area contributed by atoms with E-state index in [1.54, 1.807) is 0 Å². The summed E-state index contributed by atoms with van der Waals surface area (Å²) in [4.78, 5) is 12.2. The third-order valence-electron chi connectivity index (χ3n) is 4.16. The summed E-state index contributed by atoms with van der Waals surface area (Å²) in [6, 6.07) is 8.67. The van der Waals surface area contributed by atoms with E-state index in [9.17, 15) is 4.79 Å². The minimum atomic E-state index is 0. The number of carbonyl (C=O) groups excluding carboxylic acids is 1. The van der Waals surface area contributed by atoms with Crippen LogP contribution in [0.1, 0.15) is 31.4 Å². The molecule has 112 valence electrons. The van der Waals surface area contributed by atoms with Gasteiger partial charge in [-0.3, -0.25) is 4.79 Å². The van der Waals surface area contributed by atoms with Crippen LogP contribution >= 0.6 is 12.4 Å². The van der Waals surface area contributed by atoms with Crippen molar-refractivity contribution < 1.29 is 4.79 Å². The van der Waals surface area contributed by atoms with Gasteiger partial charge in [-0.15, -0.1) is 12.4 Å². The van der Waals surface area contributed by atoms with Crippen molar-refractivity contribution >= 4 is 18.3 Å². The second kappa shape index (κ2) is 7.65. The fourth-order valence-electron chi connectivity index (χ4n) is 2.82. The van der Waals surface area contributed by atoms with Gasteiger partial charge in [-0.05, 0) is 43.9 Å². The van der Waals surface area contributed by atoms with Crippen molar-refractivity contribution in [2.75, 3.05) is 6.54 Å². The van der Waals surface area contributed by atoms with E-state index in [2.05, 4.69) is 37.5 Å². The Balaban J connectivity index is 0.00000200. The molecule has 3 nitrogen and oxygen atoms in total. The zero-order chi connectivity index (χ0) is 13.8. The molecule has 1 aliphatic rings. The molecule has 3 atom stereocenters. The highest BCUT2D eigenvalue weighted by Gasteiger charge is 2.28. The lowest BCUT2D eigenvalue weighted by Gasteiger charge is -2.36. The molecule has 2 rings (SSSR count). The Kier molecular flexibility index (Phi) is 6.50. The van der Waals surface area contributed by atoms with Gasteiger partial charge in [0.25, 0.3) is 0 Å². The van der Waals surface area contributed by atoms with Crippen LogP contribution in [0.2, 0.25) is 0 Å². The van der Waals surface area contributed by atoms with Crippen LogP contribution in [0.4, 0.5) is 0 Å². The zero-order valence-electron chi connectivity index (χ0n) is 12.5. The molecule has 1 saturated heterocycles. The summed E-state index contributed by atoms with van der Waals surface area (Å²) in [5.41, 5.74) is 2.30. The van der Waals surface area contributed by atoms with E-state index in [-0.39, 0.29) is 24.4 Å². The van der Waals surface area contributed by atoms with E-state index in [0.717, 1.165) is 18.5 Å². The highest BCUT2D eigenvalue weighted by Crippen LogP contribution is 2.16. The summed E-state index contributed by atoms with van der Waals surface area (Å²) in [5, 5.41) is 6.62. The molecule has 3 unspecified atom stereocenters. The Bertz CT molecular complexity index is 440. The largest absolute Gasteiger partial charge is 0.351 e. The van der Waals surface area contributed by atoms with Gasteiger partial charge in [-0.1, -0.05) is 31.2 Å². The molecule has 1 fully saturated rings. The molecule has 0 aromatic heterocycles. The summed E-state index contributed by atoms with van der Waals surface area (Å²) >= 11 is 0. The molecule has 0 radical (unpaired) electrons. The monoisotopic (exact) mass is 296 g/mol. The fourth-order valence-corrected chi connectivity index (χ4v) is 2.82. The maximum absolute atomic E-state index is 12.2. The number of benzene rings is 1. The molecule has 0 spiro atoms. The van der Waals surface area contributed by atoms with Gasteiger partial charge in [0, 0.05) is 12.1 Å². The van der Waals surface area contributed by atoms with Crippen molar-refractivity contribution in [3.8, 4) is 0 Å². The Labute approximate surface area is 127 Å². The third kappa shape index (κ3) is 4.22. The van der Waals surface area contributed by atoms with Crippen molar-refractivity contribution in [1.82, 2.24) is 10.6 Å². The molecule has 1 aromatic rings. The summed E-state index contributed by atoms with van der Waals surface area (Å²) in [6.45, 7) is 7.47. The summed E-state index contributed by atoms with van der Waals surface area (Å²) in [7, 11) is 0. The number of amides is 1. The van der Waals surface area contributed by atoms with Crippen LogP contribution in [-0.2, 0) is 11.2 Å². The van der Waals surface area contributed by atoms with Gasteiger partial charge in [0.15, 0.2) is 0 Å². The Morgan fingerprint density at radius 3 is 2.70 bits per heavy atom. The molecule has 1 aliphatic heterocycles. The predicted molar refractivity (Wildman–Crippen MR) is 85.3 cm³/mol. The van der Waals surface area contributed by atoms with Crippen molar-refractivity contribution in [2.45, 2.75) is 45.7 Å². The Hall–Kier alpha value is -1.06. The first kappa shape index (κ1) is 17.0.